The number of aliphatic carboxylic acids is 1. The zero-order valence-corrected chi connectivity index (χ0v) is 44.7. The molecule has 21 nitrogen and oxygen atoms in total. The SMILES string of the molecule is CC(=O)O[C@H]1C[C@@]23C[C@@H](OC2=O)[C@]2(C)C(=CC[C@@H]4[C@@]5(C)CC[C@H](O[C@@H]6O[C@H](C(=O)[O-])[C@@H](O)[C@H](O)[C@H]6O[C@@H]6O[C@H](CO)[C@@H](O)[C@H](O)[C@H]6O[C@@H]6O[C@@H](C)[C@H](O)[C@@H](O)[C@H]6O)C(C)(C)[C@@H]5CC[C@]42C)[C@@H]3C[C@@]1(C)CO.[Na+]. The molecule has 0 unspecified atom stereocenters. The standard InChI is InChI=1S/C50H76O21.Na/c1-20-30(54)32(56)36(60)41(64-20)70-38-33(57)31(55)24(18-51)66-42(38)71-39-35(59)34(58)37(40(61)62)69-43(39)67-27-12-13-47(6)25(45(27,3)4)11-14-48(7)26(47)10-9-22-23-15-46(5,19-52)28(65-21(2)53)16-50(23)17-29(49(22,48)8)68-44(50)63;/h9,20,23-39,41-43,51-52,54-60H,10-19H2,1-8H3,(H,61,62);/q;+1/p-1/t20-,23-,24+,25-,26+,27-,28-,29+,30-,31+,32+,33-,34-,35-,36+,37-,38+,39+,41-,42-,43+,46-,47-,48+,49-,50-;/m0./s1. The number of aliphatic hydroxyl groups excluding tert-OH is 9. The van der Waals surface area contributed by atoms with Crippen LogP contribution in [0.1, 0.15) is 107 Å². The number of carbonyl (C=O) groups is 3. The Morgan fingerprint density at radius 2 is 1.38 bits per heavy atom. The number of carboxylic acids is 1. The molecule has 0 aromatic heterocycles. The average Bonchev–Trinajstić information content (AvgIpc) is 3.61. The smallest absolute Gasteiger partial charge is 0.547 e. The predicted octanol–water partition coefficient (Wildman–Crippen LogP) is -4.54. The van der Waals surface area contributed by atoms with E-state index in [0.717, 1.165) is 12.8 Å². The number of carbonyl (C=O) groups excluding carboxylic acids is 3. The normalized spacial score (nSPS) is 53.5. The third-order valence-electron chi connectivity index (χ3n) is 20.2. The molecule has 22 heteroatoms. The Hall–Kier alpha value is -1.45. The largest absolute Gasteiger partial charge is 1.00 e. The maximum absolute atomic E-state index is 14.3. The van der Waals surface area contributed by atoms with Crippen molar-refractivity contribution in [3.63, 3.8) is 0 Å². The van der Waals surface area contributed by atoms with Crippen LogP contribution in [0.25, 0.3) is 0 Å². The van der Waals surface area contributed by atoms with Crippen molar-refractivity contribution in [2.75, 3.05) is 13.2 Å². The second-order valence-corrected chi connectivity index (χ2v) is 24.1. The van der Waals surface area contributed by atoms with Gasteiger partial charge in [-0.3, -0.25) is 9.59 Å². The molecule has 0 aromatic rings. The molecule has 9 aliphatic rings. The number of carboxylic acid groups (broad SMARTS) is 1. The van der Waals surface area contributed by atoms with Gasteiger partial charge in [-0.15, -0.1) is 0 Å². The molecule has 0 amide bonds. The molecule has 0 radical (unpaired) electrons. The minimum atomic E-state index is -2.13. The van der Waals surface area contributed by atoms with Crippen molar-refractivity contribution < 1.29 is 133 Å². The fourth-order valence-corrected chi connectivity index (χ4v) is 15.9. The summed E-state index contributed by atoms with van der Waals surface area (Å²) >= 11 is 0. The first-order chi connectivity index (χ1) is 33.1. The number of ether oxygens (including phenoxy) is 8. The first-order valence-corrected chi connectivity index (χ1v) is 25.4. The Kier molecular flexibility index (Phi) is 15.6. The number of allylic oxidation sites excluding steroid dienone is 1. The Balaban J connectivity index is 0.00000693. The minimum Gasteiger partial charge on any atom is -0.547 e. The number of fused-ring (bicyclic) bond motifs is 8. The Morgan fingerprint density at radius 1 is 0.736 bits per heavy atom. The van der Waals surface area contributed by atoms with Crippen molar-refractivity contribution in [2.45, 2.75) is 217 Å². The van der Waals surface area contributed by atoms with E-state index in [1.807, 2.05) is 6.92 Å². The molecule has 1 spiro atoms. The molecule has 8 fully saturated rings. The Bertz CT molecular complexity index is 2100. The average molecular weight is 1040 g/mol. The van der Waals surface area contributed by atoms with Crippen LogP contribution in [0.4, 0.5) is 0 Å². The molecule has 26 atom stereocenters. The summed E-state index contributed by atoms with van der Waals surface area (Å²) in [6.45, 7) is 14.6. The third-order valence-corrected chi connectivity index (χ3v) is 20.2. The summed E-state index contributed by atoms with van der Waals surface area (Å²) in [5, 5.41) is 110. The summed E-state index contributed by atoms with van der Waals surface area (Å²) in [5.41, 5.74) is -2.40. The third kappa shape index (κ3) is 8.44. The van der Waals surface area contributed by atoms with Gasteiger partial charge in [0.25, 0.3) is 0 Å². The second kappa shape index (κ2) is 19.8. The number of rotatable bonds is 10. The summed E-state index contributed by atoms with van der Waals surface area (Å²) in [7, 11) is 0. The van der Waals surface area contributed by atoms with Crippen molar-refractivity contribution in [3.8, 4) is 0 Å². The summed E-state index contributed by atoms with van der Waals surface area (Å²) in [4.78, 5) is 39.0. The molecule has 9 rings (SSSR count). The predicted molar refractivity (Wildman–Crippen MR) is 237 cm³/mol. The van der Waals surface area contributed by atoms with Gasteiger partial charge in [0.05, 0.1) is 36.8 Å². The van der Waals surface area contributed by atoms with E-state index in [1.54, 1.807) is 0 Å². The van der Waals surface area contributed by atoms with Gasteiger partial charge >= 0.3 is 41.5 Å². The molecule has 4 saturated carbocycles. The van der Waals surface area contributed by atoms with Crippen LogP contribution >= 0.6 is 0 Å². The Morgan fingerprint density at radius 3 is 2.00 bits per heavy atom. The molecule has 402 valence electrons. The van der Waals surface area contributed by atoms with Gasteiger partial charge in [-0.25, -0.2) is 0 Å². The minimum absolute atomic E-state index is 0. The van der Waals surface area contributed by atoms with Crippen LogP contribution in [0.2, 0.25) is 0 Å². The molecular weight excluding hydrogens is 960 g/mol. The van der Waals surface area contributed by atoms with E-state index in [2.05, 4.69) is 40.7 Å². The van der Waals surface area contributed by atoms with E-state index in [0.29, 0.717) is 32.1 Å². The number of aliphatic hydroxyl groups is 9. The summed E-state index contributed by atoms with van der Waals surface area (Å²) in [5.74, 6) is -2.73. The molecule has 4 heterocycles. The fraction of sp³-hybridized carbons (Fsp3) is 0.900. The van der Waals surface area contributed by atoms with E-state index in [-0.39, 0.29) is 77.1 Å². The summed E-state index contributed by atoms with van der Waals surface area (Å²) < 4.78 is 48.5. The van der Waals surface area contributed by atoms with E-state index >= 15 is 0 Å². The van der Waals surface area contributed by atoms with Crippen molar-refractivity contribution in [2.24, 2.45) is 50.2 Å². The molecule has 4 saturated heterocycles. The summed E-state index contributed by atoms with van der Waals surface area (Å²) in [6, 6.07) is 0. The van der Waals surface area contributed by atoms with Gasteiger partial charge in [-0.2, -0.15) is 0 Å². The van der Waals surface area contributed by atoms with E-state index in [1.165, 1.54) is 19.4 Å². The van der Waals surface area contributed by atoms with E-state index < -0.39 is 151 Å². The maximum Gasteiger partial charge on any atom is 1.00 e. The molecule has 0 aromatic carbocycles. The van der Waals surface area contributed by atoms with Gasteiger partial charge in [0.1, 0.15) is 79.4 Å². The monoisotopic (exact) mass is 1030 g/mol. The molecule has 5 aliphatic carbocycles. The van der Waals surface area contributed by atoms with Crippen molar-refractivity contribution in [1.82, 2.24) is 0 Å². The quantitative estimate of drug-likeness (QED) is 0.0431. The molecular formula is C50H75NaO21. The van der Waals surface area contributed by atoms with E-state index in [9.17, 15) is 65.4 Å². The van der Waals surface area contributed by atoms with Crippen LogP contribution in [-0.2, 0) is 52.3 Å². The number of hydrogen-bond donors (Lipinski definition) is 9. The zero-order chi connectivity index (χ0) is 51.9. The Labute approximate surface area is 441 Å². The van der Waals surface area contributed by atoms with Gasteiger partial charge in [0, 0.05) is 30.6 Å². The second-order valence-electron chi connectivity index (χ2n) is 24.1. The van der Waals surface area contributed by atoms with Crippen LogP contribution < -0.4 is 34.7 Å². The van der Waals surface area contributed by atoms with Crippen molar-refractivity contribution >= 4 is 17.9 Å². The number of esters is 2. The van der Waals surface area contributed by atoms with Crippen LogP contribution in [0, 0.1) is 50.2 Å². The molecule has 2 bridgehead atoms. The first-order valence-electron chi connectivity index (χ1n) is 25.4. The summed E-state index contributed by atoms with van der Waals surface area (Å²) in [6.07, 6.45) is -21.6. The van der Waals surface area contributed by atoms with Crippen LogP contribution in [-0.4, -0.2) is 188 Å². The van der Waals surface area contributed by atoms with Crippen molar-refractivity contribution in [3.05, 3.63) is 11.6 Å². The van der Waals surface area contributed by atoms with Crippen LogP contribution in [0.3, 0.4) is 0 Å². The zero-order valence-electron chi connectivity index (χ0n) is 42.7. The van der Waals surface area contributed by atoms with Gasteiger partial charge in [-0.1, -0.05) is 53.2 Å². The maximum atomic E-state index is 14.3. The molecule has 4 aliphatic heterocycles. The van der Waals surface area contributed by atoms with Crippen LogP contribution in [0.5, 0.6) is 0 Å². The molecule has 72 heavy (non-hydrogen) atoms. The topological polar surface area (TPSA) is 330 Å². The van der Waals surface area contributed by atoms with Gasteiger partial charge in [0.15, 0.2) is 18.9 Å². The van der Waals surface area contributed by atoms with Gasteiger partial charge < -0.3 is 93.8 Å². The van der Waals surface area contributed by atoms with Gasteiger partial charge in [0.2, 0.25) is 0 Å². The van der Waals surface area contributed by atoms with E-state index in [4.69, 9.17) is 37.9 Å². The molecule has 9 N–H and O–H groups in total. The van der Waals surface area contributed by atoms with Crippen molar-refractivity contribution in [1.29, 1.82) is 0 Å². The van der Waals surface area contributed by atoms with Gasteiger partial charge in [-0.05, 0) is 79.4 Å². The van der Waals surface area contributed by atoms with Crippen LogP contribution in [0.15, 0.2) is 11.6 Å². The number of hydrogen-bond acceptors (Lipinski definition) is 21. The first kappa shape index (κ1) is 56.7. The fourth-order valence-electron chi connectivity index (χ4n) is 15.9.